The van der Waals surface area contributed by atoms with Crippen molar-refractivity contribution >= 4 is 17.3 Å². The van der Waals surface area contributed by atoms with Crippen molar-refractivity contribution in [3.8, 4) is 23.8 Å². The van der Waals surface area contributed by atoms with Crippen LogP contribution in [0.5, 0.6) is 11.5 Å². The van der Waals surface area contributed by atoms with E-state index in [2.05, 4.69) is 30.3 Å². The molecule has 0 amide bonds. The first-order chi connectivity index (χ1) is 11.7. The zero-order valence-electron chi connectivity index (χ0n) is 14.1. The van der Waals surface area contributed by atoms with E-state index in [0.717, 1.165) is 17.7 Å². The average molecular weight is 344 g/mol. The number of benzene rings is 2. The van der Waals surface area contributed by atoms with Crippen LogP contribution in [0.4, 0.5) is 5.69 Å². The Bertz CT molecular complexity index is 722. The lowest BCUT2D eigenvalue weighted by Crippen LogP contribution is -2.05. The maximum Gasteiger partial charge on any atom is 0.181 e. The summed E-state index contributed by atoms with van der Waals surface area (Å²) >= 11 is 6.34. The van der Waals surface area contributed by atoms with Gasteiger partial charge in [0.2, 0.25) is 0 Å². The molecular weight excluding hydrogens is 322 g/mol. The van der Waals surface area contributed by atoms with E-state index in [1.165, 1.54) is 5.56 Å². The van der Waals surface area contributed by atoms with Gasteiger partial charge in [-0.3, -0.25) is 0 Å². The van der Waals surface area contributed by atoms with Crippen LogP contribution in [0.1, 0.15) is 25.0 Å². The third kappa shape index (κ3) is 4.59. The summed E-state index contributed by atoms with van der Waals surface area (Å²) in [4.78, 5) is 0. The van der Waals surface area contributed by atoms with E-state index in [0.29, 0.717) is 29.7 Å². The standard InChI is InChI=1S/C20H22ClNO2/c1-4-11-24-20-17(21)12-15(13-19(20)23-6-3)14-22-18-10-8-7-9-16(18)5-2/h1,7-10,12-13,22H,5-6,11,14H2,2-3H3. The highest BCUT2D eigenvalue weighted by molar-refractivity contribution is 6.32. The van der Waals surface area contributed by atoms with Gasteiger partial charge in [-0.15, -0.1) is 6.42 Å². The Morgan fingerprint density at radius 3 is 2.67 bits per heavy atom. The fraction of sp³-hybridized carbons (Fsp3) is 0.300. The van der Waals surface area contributed by atoms with Gasteiger partial charge in [-0.2, -0.15) is 0 Å². The van der Waals surface area contributed by atoms with Crippen LogP contribution in [0.15, 0.2) is 36.4 Å². The lowest BCUT2D eigenvalue weighted by molar-refractivity contribution is 0.299. The van der Waals surface area contributed by atoms with Crippen molar-refractivity contribution in [1.29, 1.82) is 0 Å². The van der Waals surface area contributed by atoms with Crippen LogP contribution >= 0.6 is 11.6 Å². The number of rotatable bonds is 8. The van der Waals surface area contributed by atoms with Crippen LogP contribution in [0.2, 0.25) is 5.02 Å². The van der Waals surface area contributed by atoms with Gasteiger partial charge in [-0.05, 0) is 42.7 Å². The molecule has 0 fully saturated rings. The Kier molecular flexibility index (Phi) is 6.84. The maximum absolute atomic E-state index is 6.34. The fourth-order valence-corrected chi connectivity index (χ4v) is 2.73. The number of halogens is 1. The molecule has 0 aliphatic carbocycles. The molecule has 0 spiro atoms. The maximum atomic E-state index is 6.34. The summed E-state index contributed by atoms with van der Waals surface area (Å²) in [6.07, 6.45) is 6.23. The minimum Gasteiger partial charge on any atom is -0.490 e. The number of ether oxygens (including phenoxy) is 2. The molecule has 0 saturated heterocycles. The van der Waals surface area contributed by atoms with E-state index < -0.39 is 0 Å². The molecule has 126 valence electrons. The second kappa shape index (κ2) is 9.10. The van der Waals surface area contributed by atoms with Gasteiger partial charge in [0, 0.05) is 12.2 Å². The second-order valence-corrected chi connectivity index (χ2v) is 5.60. The first-order valence-corrected chi connectivity index (χ1v) is 8.40. The Morgan fingerprint density at radius 2 is 1.96 bits per heavy atom. The molecule has 2 aromatic carbocycles. The van der Waals surface area contributed by atoms with Gasteiger partial charge in [0.1, 0.15) is 6.61 Å². The Balaban J connectivity index is 2.20. The highest BCUT2D eigenvalue weighted by Crippen LogP contribution is 2.37. The predicted octanol–water partition coefficient (Wildman–Crippen LogP) is 4.93. The van der Waals surface area contributed by atoms with E-state index in [1.807, 2.05) is 31.2 Å². The molecule has 2 aromatic rings. The first kappa shape index (κ1) is 18.0. The van der Waals surface area contributed by atoms with Gasteiger partial charge in [0.05, 0.1) is 11.6 Å². The zero-order valence-corrected chi connectivity index (χ0v) is 14.8. The molecule has 0 aromatic heterocycles. The minimum atomic E-state index is 0.154. The molecule has 3 nitrogen and oxygen atoms in total. The normalized spacial score (nSPS) is 10.1. The summed E-state index contributed by atoms with van der Waals surface area (Å²) in [6.45, 7) is 5.38. The van der Waals surface area contributed by atoms with Crippen LogP contribution in [0.3, 0.4) is 0 Å². The van der Waals surface area contributed by atoms with E-state index in [-0.39, 0.29) is 6.61 Å². The monoisotopic (exact) mass is 343 g/mol. The molecule has 0 atom stereocenters. The number of aryl methyl sites for hydroxylation is 1. The lowest BCUT2D eigenvalue weighted by Gasteiger charge is -2.15. The number of terminal acetylenes is 1. The molecular formula is C20H22ClNO2. The van der Waals surface area contributed by atoms with Crippen LogP contribution < -0.4 is 14.8 Å². The van der Waals surface area contributed by atoms with Gasteiger partial charge in [0.15, 0.2) is 11.5 Å². The molecule has 0 bridgehead atoms. The van der Waals surface area contributed by atoms with Crippen LogP contribution in [-0.4, -0.2) is 13.2 Å². The average Bonchev–Trinajstić information content (AvgIpc) is 2.59. The molecule has 1 N–H and O–H groups in total. The lowest BCUT2D eigenvalue weighted by atomic mass is 10.1. The molecule has 4 heteroatoms. The second-order valence-electron chi connectivity index (χ2n) is 5.19. The smallest absolute Gasteiger partial charge is 0.181 e. The molecule has 0 aliphatic rings. The molecule has 2 rings (SSSR count). The van der Waals surface area contributed by atoms with E-state index in [1.54, 1.807) is 0 Å². The Hall–Kier alpha value is -2.31. The predicted molar refractivity (Wildman–Crippen MR) is 100 cm³/mol. The van der Waals surface area contributed by atoms with E-state index in [9.17, 15) is 0 Å². The van der Waals surface area contributed by atoms with Crippen molar-refractivity contribution in [2.75, 3.05) is 18.5 Å². The molecule has 0 heterocycles. The topological polar surface area (TPSA) is 30.5 Å². The summed E-state index contributed by atoms with van der Waals surface area (Å²) in [7, 11) is 0. The van der Waals surface area contributed by atoms with Crippen LogP contribution in [0, 0.1) is 12.3 Å². The summed E-state index contributed by atoms with van der Waals surface area (Å²) in [5.74, 6) is 3.54. The van der Waals surface area contributed by atoms with E-state index in [4.69, 9.17) is 27.5 Å². The van der Waals surface area contributed by atoms with Crippen LogP contribution in [-0.2, 0) is 13.0 Å². The van der Waals surface area contributed by atoms with Crippen LogP contribution in [0.25, 0.3) is 0 Å². The van der Waals surface area contributed by atoms with Gasteiger partial charge < -0.3 is 14.8 Å². The summed E-state index contributed by atoms with van der Waals surface area (Å²) in [5, 5.41) is 3.95. The summed E-state index contributed by atoms with van der Waals surface area (Å²) < 4.78 is 11.2. The third-order valence-corrected chi connectivity index (χ3v) is 3.83. The number of hydrogen-bond donors (Lipinski definition) is 1. The first-order valence-electron chi connectivity index (χ1n) is 8.02. The highest BCUT2D eigenvalue weighted by atomic mass is 35.5. The molecule has 0 aliphatic heterocycles. The molecule has 0 radical (unpaired) electrons. The van der Waals surface area contributed by atoms with Gasteiger partial charge in [-0.1, -0.05) is 42.6 Å². The Morgan fingerprint density at radius 1 is 1.17 bits per heavy atom. The van der Waals surface area contributed by atoms with E-state index >= 15 is 0 Å². The van der Waals surface area contributed by atoms with Crippen molar-refractivity contribution in [3.63, 3.8) is 0 Å². The van der Waals surface area contributed by atoms with Crippen molar-refractivity contribution in [1.82, 2.24) is 0 Å². The number of anilines is 1. The van der Waals surface area contributed by atoms with Gasteiger partial charge in [0.25, 0.3) is 0 Å². The SMILES string of the molecule is C#CCOc1c(Cl)cc(CNc2ccccc2CC)cc1OCC. The minimum absolute atomic E-state index is 0.154. The zero-order chi connectivity index (χ0) is 17.4. The third-order valence-electron chi connectivity index (χ3n) is 3.55. The number of nitrogens with one attached hydrogen (secondary N) is 1. The summed E-state index contributed by atoms with van der Waals surface area (Å²) in [5.41, 5.74) is 3.42. The highest BCUT2D eigenvalue weighted by Gasteiger charge is 2.12. The van der Waals surface area contributed by atoms with Crippen molar-refractivity contribution < 1.29 is 9.47 Å². The quantitative estimate of drug-likeness (QED) is 0.690. The Labute approximate surface area is 148 Å². The summed E-state index contributed by atoms with van der Waals surface area (Å²) in [6, 6.07) is 12.1. The van der Waals surface area contributed by atoms with Gasteiger partial charge >= 0.3 is 0 Å². The van der Waals surface area contributed by atoms with Gasteiger partial charge in [-0.25, -0.2) is 0 Å². The van der Waals surface area contributed by atoms with Crippen molar-refractivity contribution in [3.05, 3.63) is 52.5 Å². The van der Waals surface area contributed by atoms with Crippen molar-refractivity contribution in [2.45, 2.75) is 26.8 Å². The number of para-hydroxylation sites is 1. The van der Waals surface area contributed by atoms with Crippen molar-refractivity contribution in [2.24, 2.45) is 0 Å². The molecule has 0 unspecified atom stereocenters. The number of hydrogen-bond acceptors (Lipinski definition) is 3. The molecule has 24 heavy (non-hydrogen) atoms. The molecule has 0 saturated carbocycles. The largest absolute Gasteiger partial charge is 0.490 e. The fourth-order valence-electron chi connectivity index (χ4n) is 2.44.